The Morgan fingerprint density at radius 3 is 2.15 bits per heavy atom. The van der Waals surface area contributed by atoms with E-state index in [0.717, 1.165) is 38.8 Å². The van der Waals surface area contributed by atoms with Crippen molar-refractivity contribution >= 4 is 0 Å². The number of nitrogens with two attached hydrogens (primary N) is 1. The van der Waals surface area contributed by atoms with Crippen LogP contribution in [0.2, 0.25) is 0 Å². The first-order valence-electron chi connectivity index (χ1n) is 7.92. The van der Waals surface area contributed by atoms with Crippen molar-refractivity contribution in [2.45, 2.75) is 76.2 Å². The molecule has 118 valence electrons. The van der Waals surface area contributed by atoms with Crippen molar-refractivity contribution in [1.29, 1.82) is 0 Å². The average molecular weight is 284 g/mol. The SMILES string of the molecule is CN(CC1C(N)C(C)(C)OC1(C)C)CC1(O)CCCC1. The standard InChI is InChI=1S/C16H32N2O2/c1-14(2)12(13(17)15(3,4)20-14)10-18(5)11-16(19)8-6-7-9-16/h12-13,19H,6-11,17H2,1-5H3. The van der Waals surface area contributed by atoms with Crippen LogP contribution in [0.5, 0.6) is 0 Å². The summed E-state index contributed by atoms with van der Waals surface area (Å²) in [6, 6.07) is 0.0261. The predicted molar refractivity (Wildman–Crippen MR) is 81.6 cm³/mol. The molecule has 0 spiro atoms. The number of likely N-dealkylation sites (N-methyl/N-ethyl adjacent to an activating group) is 1. The Morgan fingerprint density at radius 1 is 1.15 bits per heavy atom. The highest BCUT2D eigenvalue weighted by Crippen LogP contribution is 2.41. The summed E-state index contributed by atoms with van der Waals surface area (Å²) in [5, 5.41) is 10.5. The van der Waals surface area contributed by atoms with Gasteiger partial charge in [-0.1, -0.05) is 12.8 Å². The van der Waals surface area contributed by atoms with Gasteiger partial charge in [0.1, 0.15) is 0 Å². The van der Waals surface area contributed by atoms with Gasteiger partial charge in [0.25, 0.3) is 0 Å². The van der Waals surface area contributed by atoms with E-state index in [1.54, 1.807) is 0 Å². The second-order valence-electron chi connectivity index (χ2n) is 8.07. The van der Waals surface area contributed by atoms with Gasteiger partial charge in [0, 0.05) is 25.0 Å². The largest absolute Gasteiger partial charge is 0.389 e. The van der Waals surface area contributed by atoms with Crippen molar-refractivity contribution in [3.05, 3.63) is 0 Å². The van der Waals surface area contributed by atoms with Gasteiger partial charge in [-0.05, 0) is 47.6 Å². The van der Waals surface area contributed by atoms with Crippen molar-refractivity contribution in [2.75, 3.05) is 20.1 Å². The summed E-state index contributed by atoms with van der Waals surface area (Å²) in [6.07, 6.45) is 4.16. The van der Waals surface area contributed by atoms with Gasteiger partial charge in [-0.15, -0.1) is 0 Å². The second-order valence-corrected chi connectivity index (χ2v) is 8.07. The van der Waals surface area contributed by atoms with E-state index in [9.17, 15) is 5.11 Å². The van der Waals surface area contributed by atoms with Crippen molar-refractivity contribution in [3.63, 3.8) is 0 Å². The summed E-state index contributed by atoms with van der Waals surface area (Å²) < 4.78 is 6.14. The van der Waals surface area contributed by atoms with Gasteiger partial charge in [0.05, 0.1) is 16.8 Å². The summed E-state index contributed by atoms with van der Waals surface area (Å²) in [4.78, 5) is 2.24. The summed E-state index contributed by atoms with van der Waals surface area (Å²) >= 11 is 0. The van der Waals surface area contributed by atoms with Gasteiger partial charge in [-0.25, -0.2) is 0 Å². The molecular formula is C16H32N2O2. The molecule has 2 fully saturated rings. The minimum absolute atomic E-state index is 0.0261. The van der Waals surface area contributed by atoms with Crippen LogP contribution in [0.1, 0.15) is 53.4 Å². The molecule has 4 nitrogen and oxygen atoms in total. The quantitative estimate of drug-likeness (QED) is 0.826. The molecule has 2 rings (SSSR count). The molecular weight excluding hydrogens is 252 g/mol. The maximum atomic E-state index is 10.5. The molecule has 20 heavy (non-hydrogen) atoms. The maximum Gasteiger partial charge on any atom is 0.0788 e. The van der Waals surface area contributed by atoms with E-state index in [0.29, 0.717) is 0 Å². The first-order valence-corrected chi connectivity index (χ1v) is 7.92. The van der Waals surface area contributed by atoms with E-state index in [4.69, 9.17) is 10.5 Å². The lowest BCUT2D eigenvalue weighted by atomic mass is 9.82. The molecule has 0 aromatic rings. The number of hydrogen-bond acceptors (Lipinski definition) is 4. The van der Waals surface area contributed by atoms with Crippen molar-refractivity contribution in [2.24, 2.45) is 11.7 Å². The Bertz CT molecular complexity index is 348. The third kappa shape index (κ3) is 3.19. The third-order valence-corrected chi connectivity index (χ3v) is 5.26. The second kappa shape index (κ2) is 5.24. The Labute approximate surface area is 123 Å². The van der Waals surface area contributed by atoms with Crippen LogP contribution in [0.15, 0.2) is 0 Å². The molecule has 2 unspecified atom stereocenters. The van der Waals surface area contributed by atoms with Gasteiger partial charge in [0.15, 0.2) is 0 Å². The van der Waals surface area contributed by atoms with E-state index in [1.807, 2.05) is 0 Å². The highest BCUT2D eigenvalue weighted by atomic mass is 16.5. The molecule has 0 radical (unpaired) electrons. The molecule has 0 amide bonds. The Morgan fingerprint density at radius 2 is 1.70 bits per heavy atom. The van der Waals surface area contributed by atoms with Gasteiger partial charge >= 0.3 is 0 Å². The summed E-state index contributed by atoms with van der Waals surface area (Å²) in [5.74, 6) is 0.285. The molecule has 0 aromatic carbocycles. The molecule has 4 heteroatoms. The van der Waals surface area contributed by atoms with Crippen LogP contribution in [0.25, 0.3) is 0 Å². The molecule has 1 heterocycles. The zero-order valence-electron chi connectivity index (χ0n) is 13.8. The zero-order valence-corrected chi connectivity index (χ0v) is 13.8. The molecule has 1 aliphatic heterocycles. The normalized spacial score (nSPS) is 34.8. The first kappa shape index (κ1) is 16.2. The molecule has 3 N–H and O–H groups in total. The van der Waals surface area contributed by atoms with Crippen LogP contribution >= 0.6 is 0 Å². The summed E-state index contributed by atoms with van der Waals surface area (Å²) in [5.41, 5.74) is 5.43. The lowest BCUT2D eigenvalue weighted by Gasteiger charge is -2.34. The molecule has 2 atom stereocenters. The molecule has 0 aromatic heterocycles. The van der Waals surface area contributed by atoms with Gasteiger partial charge < -0.3 is 20.5 Å². The van der Waals surface area contributed by atoms with Gasteiger partial charge in [0.2, 0.25) is 0 Å². The number of ether oxygens (including phenoxy) is 1. The minimum atomic E-state index is -0.488. The predicted octanol–water partition coefficient (Wildman–Crippen LogP) is 1.75. The average Bonchev–Trinajstić information content (AvgIpc) is 2.74. The summed E-state index contributed by atoms with van der Waals surface area (Å²) in [6.45, 7) is 10.0. The van der Waals surface area contributed by atoms with Crippen LogP contribution in [-0.4, -0.2) is 53.0 Å². The van der Waals surface area contributed by atoms with Crippen LogP contribution in [-0.2, 0) is 4.74 Å². The lowest BCUT2D eigenvalue weighted by molar-refractivity contribution is -0.0796. The highest BCUT2D eigenvalue weighted by Gasteiger charge is 2.52. The van der Waals surface area contributed by atoms with Crippen LogP contribution in [0, 0.1) is 5.92 Å². The third-order valence-electron chi connectivity index (χ3n) is 5.26. The number of rotatable bonds is 4. The Kier molecular flexibility index (Phi) is 4.25. The lowest BCUT2D eigenvalue weighted by Crippen LogP contribution is -2.49. The van der Waals surface area contributed by atoms with E-state index in [1.165, 1.54) is 0 Å². The number of hydrogen-bond donors (Lipinski definition) is 2. The number of nitrogens with zero attached hydrogens (tertiary/aromatic N) is 1. The molecule has 2 aliphatic rings. The Balaban J connectivity index is 1.98. The Hall–Kier alpha value is -0.160. The van der Waals surface area contributed by atoms with E-state index >= 15 is 0 Å². The molecule has 1 saturated carbocycles. The minimum Gasteiger partial charge on any atom is -0.389 e. The molecule has 0 bridgehead atoms. The van der Waals surface area contributed by atoms with Crippen molar-refractivity contribution in [3.8, 4) is 0 Å². The van der Waals surface area contributed by atoms with Gasteiger partial charge in [-0.2, -0.15) is 0 Å². The van der Waals surface area contributed by atoms with Gasteiger partial charge in [-0.3, -0.25) is 0 Å². The fourth-order valence-electron chi connectivity index (χ4n) is 4.17. The smallest absolute Gasteiger partial charge is 0.0788 e. The monoisotopic (exact) mass is 284 g/mol. The zero-order chi connectivity index (χ0) is 15.2. The van der Waals surface area contributed by atoms with Crippen molar-refractivity contribution < 1.29 is 9.84 Å². The van der Waals surface area contributed by atoms with Crippen LogP contribution < -0.4 is 5.73 Å². The maximum absolute atomic E-state index is 10.5. The highest BCUT2D eigenvalue weighted by molar-refractivity contribution is 5.04. The molecule has 1 saturated heterocycles. The first-order chi connectivity index (χ1) is 9.06. The number of aliphatic hydroxyl groups is 1. The van der Waals surface area contributed by atoms with E-state index < -0.39 is 5.60 Å². The summed E-state index contributed by atoms with van der Waals surface area (Å²) in [7, 11) is 2.09. The fourth-order valence-corrected chi connectivity index (χ4v) is 4.17. The van der Waals surface area contributed by atoms with Crippen molar-refractivity contribution in [1.82, 2.24) is 4.90 Å². The van der Waals surface area contributed by atoms with Crippen LogP contribution in [0.4, 0.5) is 0 Å². The van der Waals surface area contributed by atoms with Crippen LogP contribution in [0.3, 0.4) is 0 Å². The van der Waals surface area contributed by atoms with E-state index in [2.05, 4.69) is 39.6 Å². The topological polar surface area (TPSA) is 58.7 Å². The van der Waals surface area contributed by atoms with E-state index in [-0.39, 0.29) is 23.2 Å². The fraction of sp³-hybridized carbons (Fsp3) is 1.00. The molecule has 1 aliphatic carbocycles.